The molecule has 0 N–H and O–H groups in total. The first-order chi connectivity index (χ1) is 13.5. The number of non-ortho nitro benzene ring substituents is 1. The zero-order valence-electron chi connectivity index (χ0n) is 14.9. The molecule has 2 aromatic carbocycles. The molecule has 0 bridgehead atoms. The van der Waals surface area contributed by atoms with Gasteiger partial charge >= 0.3 is 5.97 Å². The molecule has 0 aliphatic heterocycles. The van der Waals surface area contributed by atoms with Crippen LogP contribution in [0.5, 0.6) is 11.5 Å². The second-order valence-corrected chi connectivity index (χ2v) is 5.45. The number of methoxy groups -OCH3 is 2. The first-order valence-corrected chi connectivity index (χ1v) is 7.98. The van der Waals surface area contributed by atoms with E-state index in [0.717, 1.165) is 0 Å². The van der Waals surface area contributed by atoms with Gasteiger partial charge in [-0.2, -0.15) is 0 Å². The molecule has 28 heavy (non-hydrogen) atoms. The van der Waals surface area contributed by atoms with E-state index in [4.69, 9.17) is 18.6 Å². The molecule has 0 aliphatic rings. The number of nitro groups is 1. The highest BCUT2D eigenvalue weighted by molar-refractivity contribution is 5.92. The van der Waals surface area contributed by atoms with Crippen molar-refractivity contribution in [3.8, 4) is 23.0 Å². The Kier molecular flexibility index (Phi) is 5.49. The Balaban J connectivity index is 1.67. The molecule has 3 aromatic rings. The number of benzene rings is 2. The lowest BCUT2D eigenvalue weighted by Gasteiger charge is -2.09. The molecule has 1 aromatic heterocycles. The number of rotatable bonds is 7. The normalized spacial score (nSPS) is 10.4. The third-order valence-electron chi connectivity index (χ3n) is 3.75. The molecule has 144 valence electrons. The van der Waals surface area contributed by atoms with Gasteiger partial charge in [-0.25, -0.2) is 4.79 Å². The molecule has 0 radical (unpaired) electrons. The first-order valence-electron chi connectivity index (χ1n) is 7.98. The minimum atomic E-state index is -0.630. The summed E-state index contributed by atoms with van der Waals surface area (Å²) in [5.74, 6) is 0.450. The van der Waals surface area contributed by atoms with Crippen molar-refractivity contribution in [1.82, 2.24) is 10.2 Å². The van der Waals surface area contributed by atoms with Gasteiger partial charge in [0.05, 0.1) is 19.1 Å². The SMILES string of the molecule is COc1ccc(C(=O)OCc2nnc(-c3ccc([N+](=O)[O-])cc3)o2)c(OC)c1. The maximum Gasteiger partial charge on any atom is 0.342 e. The summed E-state index contributed by atoms with van der Waals surface area (Å²) in [6.07, 6.45) is 0. The van der Waals surface area contributed by atoms with Gasteiger partial charge in [0.2, 0.25) is 5.89 Å². The van der Waals surface area contributed by atoms with E-state index in [0.29, 0.717) is 17.1 Å². The predicted octanol–water partition coefficient (Wildman–Crippen LogP) is 3.02. The third kappa shape index (κ3) is 4.06. The molecule has 10 nitrogen and oxygen atoms in total. The molecule has 0 fully saturated rings. The second-order valence-electron chi connectivity index (χ2n) is 5.45. The highest BCUT2D eigenvalue weighted by atomic mass is 16.6. The monoisotopic (exact) mass is 385 g/mol. The molecule has 0 amide bonds. The van der Waals surface area contributed by atoms with E-state index in [1.165, 1.54) is 44.6 Å². The Morgan fingerprint density at radius 1 is 1.11 bits per heavy atom. The fourth-order valence-electron chi connectivity index (χ4n) is 2.33. The molecular formula is C18H15N3O7. The van der Waals surface area contributed by atoms with Gasteiger partial charge in [-0.1, -0.05) is 0 Å². The van der Waals surface area contributed by atoms with Crippen molar-refractivity contribution in [2.24, 2.45) is 0 Å². The predicted molar refractivity (Wildman–Crippen MR) is 95.1 cm³/mol. The van der Waals surface area contributed by atoms with Crippen LogP contribution < -0.4 is 9.47 Å². The van der Waals surface area contributed by atoms with Crippen LogP contribution in [0.1, 0.15) is 16.2 Å². The van der Waals surface area contributed by atoms with Gasteiger partial charge in [0.15, 0.2) is 6.61 Å². The number of carbonyl (C=O) groups excluding carboxylic acids is 1. The van der Waals surface area contributed by atoms with E-state index >= 15 is 0 Å². The highest BCUT2D eigenvalue weighted by Gasteiger charge is 2.17. The lowest BCUT2D eigenvalue weighted by atomic mass is 10.2. The number of nitro benzene ring substituents is 1. The summed E-state index contributed by atoms with van der Waals surface area (Å²) in [5, 5.41) is 18.3. The quantitative estimate of drug-likeness (QED) is 0.342. The average Bonchev–Trinajstić information content (AvgIpc) is 3.20. The fourth-order valence-corrected chi connectivity index (χ4v) is 2.33. The van der Waals surface area contributed by atoms with E-state index in [1.807, 2.05) is 0 Å². The van der Waals surface area contributed by atoms with Crippen LogP contribution in [0.2, 0.25) is 0 Å². The fraction of sp³-hybridized carbons (Fsp3) is 0.167. The van der Waals surface area contributed by atoms with Crippen molar-refractivity contribution < 1.29 is 28.3 Å². The first kappa shape index (κ1) is 18.8. The molecule has 0 saturated carbocycles. The maximum atomic E-state index is 12.3. The minimum absolute atomic E-state index is 0.0501. The molecule has 0 unspecified atom stereocenters. The topological polar surface area (TPSA) is 127 Å². The summed E-state index contributed by atoms with van der Waals surface area (Å²) >= 11 is 0. The van der Waals surface area contributed by atoms with E-state index in [1.54, 1.807) is 12.1 Å². The van der Waals surface area contributed by atoms with Gasteiger partial charge in [-0.05, 0) is 24.3 Å². The lowest BCUT2D eigenvalue weighted by Crippen LogP contribution is -2.07. The Morgan fingerprint density at radius 3 is 2.50 bits per heavy atom. The number of nitrogens with zero attached hydrogens (tertiary/aromatic N) is 3. The van der Waals surface area contributed by atoms with Gasteiger partial charge in [0.1, 0.15) is 17.1 Å². The Hall–Kier alpha value is -3.95. The molecule has 0 saturated heterocycles. The van der Waals surface area contributed by atoms with Gasteiger partial charge in [-0.3, -0.25) is 10.1 Å². The van der Waals surface area contributed by atoms with Crippen LogP contribution in [0.3, 0.4) is 0 Å². The summed E-state index contributed by atoms with van der Waals surface area (Å²) in [5.41, 5.74) is 0.678. The summed E-state index contributed by atoms with van der Waals surface area (Å²) < 4.78 is 20.9. The van der Waals surface area contributed by atoms with Crippen molar-refractivity contribution >= 4 is 11.7 Å². The number of esters is 1. The molecule has 0 atom stereocenters. The molecule has 3 rings (SSSR count). The van der Waals surface area contributed by atoms with Crippen LogP contribution in [0.15, 0.2) is 46.9 Å². The van der Waals surface area contributed by atoms with Crippen LogP contribution in [-0.4, -0.2) is 35.3 Å². The van der Waals surface area contributed by atoms with E-state index in [-0.39, 0.29) is 29.6 Å². The summed E-state index contributed by atoms with van der Waals surface area (Å²) in [7, 11) is 2.94. The molecule has 0 spiro atoms. The van der Waals surface area contributed by atoms with Crippen LogP contribution in [0.25, 0.3) is 11.5 Å². The van der Waals surface area contributed by atoms with Crippen LogP contribution >= 0.6 is 0 Å². The smallest absolute Gasteiger partial charge is 0.342 e. The molecule has 10 heteroatoms. The van der Waals surface area contributed by atoms with Crippen molar-refractivity contribution in [3.63, 3.8) is 0 Å². The number of ether oxygens (including phenoxy) is 3. The zero-order valence-corrected chi connectivity index (χ0v) is 14.9. The Morgan fingerprint density at radius 2 is 1.86 bits per heavy atom. The highest BCUT2D eigenvalue weighted by Crippen LogP contribution is 2.26. The Bertz CT molecular complexity index is 999. The van der Waals surface area contributed by atoms with Crippen LogP contribution in [0.4, 0.5) is 5.69 Å². The average molecular weight is 385 g/mol. The lowest BCUT2D eigenvalue weighted by molar-refractivity contribution is -0.384. The van der Waals surface area contributed by atoms with E-state index < -0.39 is 10.9 Å². The van der Waals surface area contributed by atoms with Gasteiger partial charge in [0.25, 0.3) is 11.6 Å². The van der Waals surface area contributed by atoms with Crippen molar-refractivity contribution in [1.29, 1.82) is 0 Å². The second kappa shape index (κ2) is 8.16. The minimum Gasteiger partial charge on any atom is -0.497 e. The van der Waals surface area contributed by atoms with Gasteiger partial charge in [0, 0.05) is 23.8 Å². The molecule has 0 aliphatic carbocycles. The van der Waals surface area contributed by atoms with E-state index in [2.05, 4.69) is 10.2 Å². The third-order valence-corrected chi connectivity index (χ3v) is 3.75. The standard InChI is InChI=1S/C18H15N3O7/c1-25-13-7-8-14(15(9-13)26-2)18(22)27-10-16-19-20-17(28-16)11-3-5-12(6-4-11)21(23)24/h3-9H,10H2,1-2H3. The molecular weight excluding hydrogens is 370 g/mol. The summed E-state index contributed by atoms with van der Waals surface area (Å²) in [4.78, 5) is 22.5. The number of carbonyl (C=O) groups is 1. The van der Waals surface area contributed by atoms with Crippen molar-refractivity contribution in [2.45, 2.75) is 6.61 Å². The van der Waals surface area contributed by atoms with Crippen molar-refractivity contribution in [3.05, 3.63) is 64.0 Å². The number of hydrogen-bond acceptors (Lipinski definition) is 9. The number of hydrogen-bond donors (Lipinski definition) is 0. The van der Waals surface area contributed by atoms with E-state index in [9.17, 15) is 14.9 Å². The maximum absolute atomic E-state index is 12.3. The molecule has 1 heterocycles. The summed E-state index contributed by atoms with van der Waals surface area (Å²) in [6.45, 7) is -0.242. The largest absolute Gasteiger partial charge is 0.497 e. The Labute approximate surface area is 158 Å². The number of aromatic nitrogens is 2. The summed E-state index contributed by atoms with van der Waals surface area (Å²) in [6, 6.07) is 10.3. The van der Waals surface area contributed by atoms with Gasteiger partial charge in [-0.15, -0.1) is 10.2 Å². The van der Waals surface area contributed by atoms with Gasteiger partial charge < -0.3 is 18.6 Å². The van der Waals surface area contributed by atoms with Crippen LogP contribution in [-0.2, 0) is 11.3 Å². The van der Waals surface area contributed by atoms with Crippen molar-refractivity contribution in [2.75, 3.05) is 14.2 Å². The van der Waals surface area contributed by atoms with Crippen LogP contribution in [0, 0.1) is 10.1 Å². The zero-order chi connectivity index (χ0) is 20.1.